The molecule has 0 unspecified atom stereocenters. The highest BCUT2D eigenvalue weighted by molar-refractivity contribution is 6.00. The summed E-state index contributed by atoms with van der Waals surface area (Å²) in [6, 6.07) is 4.43. The monoisotopic (exact) mass is 382 g/mol. The normalized spacial score (nSPS) is 18.8. The van der Waals surface area contributed by atoms with Gasteiger partial charge in [0.2, 0.25) is 0 Å². The van der Waals surface area contributed by atoms with Crippen molar-refractivity contribution in [2.45, 2.75) is 25.7 Å². The number of anilines is 1. The van der Waals surface area contributed by atoms with E-state index in [1.54, 1.807) is 15.9 Å². The van der Waals surface area contributed by atoms with Gasteiger partial charge in [-0.25, -0.2) is 8.78 Å². The highest BCUT2D eigenvalue weighted by Gasteiger charge is 2.28. The van der Waals surface area contributed by atoms with Gasteiger partial charge in [-0.3, -0.25) is 19.8 Å². The zero-order chi connectivity index (χ0) is 19.4. The van der Waals surface area contributed by atoms with Gasteiger partial charge in [0.1, 0.15) is 0 Å². The van der Waals surface area contributed by atoms with Crippen LogP contribution in [0.1, 0.15) is 29.6 Å². The van der Waals surface area contributed by atoms with Crippen LogP contribution in [0.15, 0.2) is 18.2 Å². The van der Waals surface area contributed by atoms with Crippen LogP contribution in [0.3, 0.4) is 0 Å². The van der Waals surface area contributed by atoms with Crippen LogP contribution in [-0.4, -0.2) is 72.9 Å². The van der Waals surface area contributed by atoms with E-state index < -0.39 is 11.3 Å². The Morgan fingerprint density at radius 1 is 1.07 bits per heavy atom. The van der Waals surface area contributed by atoms with Gasteiger partial charge in [-0.15, -0.1) is 0 Å². The summed E-state index contributed by atoms with van der Waals surface area (Å²) >= 11 is 0. The summed E-state index contributed by atoms with van der Waals surface area (Å²) in [7, 11) is 0. The molecule has 0 aliphatic carbocycles. The molecule has 0 atom stereocenters. The van der Waals surface area contributed by atoms with E-state index in [2.05, 4.69) is 4.90 Å². The second-order valence-electron chi connectivity index (χ2n) is 6.99. The van der Waals surface area contributed by atoms with Crippen LogP contribution in [0.25, 0.3) is 0 Å². The molecule has 2 heterocycles. The molecule has 9 heteroatoms. The molecular weight excluding hydrogens is 358 g/mol. The summed E-state index contributed by atoms with van der Waals surface area (Å²) in [5.74, 6) is -0.268. The minimum Gasteiger partial charge on any atom is -0.371 e. The standard InChI is InChI=1S/C18H24F2N4O3/c19-17(20)13-21-8-10-23(11-9-21)18(25)15-12-14(24(26)27)4-5-16(15)22-6-2-1-3-7-22/h4-5,12,17H,1-3,6-11,13H2. The van der Waals surface area contributed by atoms with Gasteiger partial charge in [-0.05, 0) is 25.3 Å². The average molecular weight is 382 g/mol. The van der Waals surface area contributed by atoms with Gasteiger partial charge >= 0.3 is 0 Å². The summed E-state index contributed by atoms with van der Waals surface area (Å²) in [4.78, 5) is 29.1. The van der Waals surface area contributed by atoms with Crippen LogP contribution >= 0.6 is 0 Å². The van der Waals surface area contributed by atoms with Crippen molar-refractivity contribution < 1.29 is 18.5 Å². The Morgan fingerprint density at radius 2 is 1.74 bits per heavy atom. The zero-order valence-electron chi connectivity index (χ0n) is 15.1. The number of benzene rings is 1. The lowest BCUT2D eigenvalue weighted by Gasteiger charge is -2.36. The van der Waals surface area contributed by atoms with E-state index in [-0.39, 0.29) is 18.1 Å². The van der Waals surface area contributed by atoms with E-state index >= 15 is 0 Å². The van der Waals surface area contributed by atoms with Crippen molar-refractivity contribution in [3.8, 4) is 0 Å². The molecule has 1 amide bonds. The molecule has 2 aliphatic heterocycles. The van der Waals surface area contributed by atoms with Gasteiger partial charge < -0.3 is 9.80 Å². The maximum Gasteiger partial charge on any atom is 0.270 e. The molecule has 2 fully saturated rings. The third-order valence-electron chi connectivity index (χ3n) is 5.17. The zero-order valence-corrected chi connectivity index (χ0v) is 15.1. The van der Waals surface area contributed by atoms with Crippen molar-refractivity contribution in [3.05, 3.63) is 33.9 Å². The molecule has 2 saturated heterocycles. The van der Waals surface area contributed by atoms with Gasteiger partial charge in [0, 0.05) is 51.4 Å². The van der Waals surface area contributed by atoms with Crippen molar-refractivity contribution >= 4 is 17.3 Å². The van der Waals surface area contributed by atoms with Crippen molar-refractivity contribution in [2.24, 2.45) is 0 Å². The first-order valence-electron chi connectivity index (χ1n) is 9.29. The number of carbonyl (C=O) groups excluding carboxylic acids is 1. The molecule has 0 aromatic heterocycles. The quantitative estimate of drug-likeness (QED) is 0.578. The smallest absolute Gasteiger partial charge is 0.270 e. The molecule has 148 valence electrons. The molecule has 3 rings (SSSR count). The molecule has 1 aromatic rings. The first-order valence-corrected chi connectivity index (χ1v) is 9.29. The molecule has 0 bridgehead atoms. The van der Waals surface area contributed by atoms with Crippen molar-refractivity contribution in [3.63, 3.8) is 0 Å². The molecule has 27 heavy (non-hydrogen) atoms. The maximum absolute atomic E-state index is 13.1. The van der Waals surface area contributed by atoms with E-state index in [1.807, 2.05) is 0 Å². The Hall–Kier alpha value is -2.29. The molecule has 0 spiro atoms. The fourth-order valence-corrected chi connectivity index (χ4v) is 3.72. The highest BCUT2D eigenvalue weighted by atomic mass is 19.3. The largest absolute Gasteiger partial charge is 0.371 e. The number of amides is 1. The lowest BCUT2D eigenvalue weighted by molar-refractivity contribution is -0.384. The number of carbonyl (C=O) groups is 1. The Labute approximate surface area is 156 Å². The van der Waals surface area contributed by atoms with Crippen molar-refractivity contribution in [1.82, 2.24) is 9.80 Å². The van der Waals surface area contributed by atoms with Crippen molar-refractivity contribution in [2.75, 3.05) is 50.7 Å². The molecule has 0 saturated carbocycles. The van der Waals surface area contributed by atoms with E-state index in [4.69, 9.17) is 0 Å². The molecular formula is C18H24F2N4O3. The number of hydrogen-bond donors (Lipinski definition) is 0. The lowest BCUT2D eigenvalue weighted by Crippen LogP contribution is -2.50. The van der Waals surface area contributed by atoms with E-state index in [0.717, 1.165) is 38.0 Å². The molecule has 1 aromatic carbocycles. The van der Waals surface area contributed by atoms with Crippen molar-refractivity contribution in [1.29, 1.82) is 0 Å². The van der Waals surface area contributed by atoms with Gasteiger partial charge in [0.05, 0.1) is 22.7 Å². The lowest BCUT2D eigenvalue weighted by atomic mass is 10.0. The Kier molecular flexibility index (Phi) is 6.20. The Bertz CT molecular complexity index is 687. The van der Waals surface area contributed by atoms with Crippen LogP contribution in [0, 0.1) is 10.1 Å². The minimum atomic E-state index is -2.39. The third kappa shape index (κ3) is 4.71. The number of nitro groups is 1. The molecule has 0 radical (unpaired) electrons. The minimum absolute atomic E-state index is 0.115. The summed E-state index contributed by atoms with van der Waals surface area (Å²) in [5, 5.41) is 11.2. The predicted octanol–water partition coefficient (Wildman–Crippen LogP) is 2.61. The summed E-state index contributed by atoms with van der Waals surface area (Å²) in [6.07, 6.45) is 0.793. The van der Waals surface area contributed by atoms with Crippen LogP contribution in [-0.2, 0) is 0 Å². The van der Waals surface area contributed by atoms with E-state index in [1.165, 1.54) is 12.1 Å². The van der Waals surface area contributed by atoms with Gasteiger partial charge in [0.25, 0.3) is 18.0 Å². The van der Waals surface area contributed by atoms with E-state index in [0.29, 0.717) is 31.7 Å². The van der Waals surface area contributed by atoms with E-state index in [9.17, 15) is 23.7 Å². The van der Waals surface area contributed by atoms with Gasteiger partial charge in [0.15, 0.2) is 0 Å². The number of halogens is 2. The second kappa shape index (κ2) is 8.60. The number of nitro benzene ring substituents is 1. The fraction of sp³-hybridized carbons (Fsp3) is 0.611. The highest BCUT2D eigenvalue weighted by Crippen LogP contribution is 2.29. The number of hydrogen-bond acceptors (Lipinski definition) is 5. The number of piperazine rings is 1. The number of non-ortho nitro benzene ring substituents is 1. The fourth-order valence-electron chi connectivity index (χ4n) is 3.72. The maximum atomic E-state index is 13.1. The Balaban J connectivity index is 1.79. The third-order valence-corrected chi connectivity index (χ3v) is 5.17. The van der Waals surface area contributed by atoms with Crippen LogP contribution in [0.5, 0.6) is 0 Å². The molecule has 2 aliphatic rings. The van der Waals surface area contributed by atoms with Gasteiger partial charge in [-0.2, -0.15) is 0 Å². The summed E-state index contributed by atoms with van der Waals surface area (Å²) in [6.45, 7) is 2.79. The molecule has 0 N–H and O–H groups in total. The molecule has 7 nitrogen and oxygen atoms in total. The first kappa shape index (κ1) is 19.5. The number of nitrogens with zero attached hydrogens (tertiary/aromatic N) is 4. The SMILES string of the molecule is O=C(c1cc([N+](=O)[O-])ccc1N1CCCCC1)N1CCN(CC(F)F)CC1. The number of rotatable bonds is 5. The van der Waals surface area contributed by atoms with Gasteiger partial charge in [-0.1, -0.05) is 0 Å². The number of piperidine rings is 1. The second-order valence-corrected chi connectivity index (χ2v) is 6.99. The summed E-state index contributed by atoms with van der Waals surface area (Å²) in [5.41, 5.74) is 0.934. The average Bonchev–Trinajstić information content (AvgIpc) is 2.68. The summed E-state index contributed by atoms with van der Waals surface area (Å²) < 4.78 is 25.1. The predicted molar refractivity (Wildman–Crippen MR) is 97.5 cm³/mol. The Morgan fingerprint density at radius 3 is 2.33 bits per heavy atom. The van der Waals surface area contributed by atoms with Crippen LogP contribution in [0.2, 0.25) is 0 Å². The topological polar surface area (TPSA) is 69.9 Å². The first-order chi connectivity index (χ1) is 13.0. The van der Waals surface area contributed by atoms with Crippen LogP contribution in [0.4, 0.5) is 20.2 Å². The number of alkyl halides is 2. The van der Waals surface area contributed by atoms with Crippen LogP contribution < -0.4 is 4.90 Å².